The number of hydrogen-bond acceptors (Lipinski definition) is 7. The van der Waals surface area contributed by atoms with E-state index in [1.807, 2.05) is 30.3 Å². The summed E-state index contributed by atoms with van der Waals surface area (Å²) in [6, 6.07) is 22.0. The lowest BCUT2D eigenvalue weighted by molar-refractivity contribution is -0.139. The lowest BCUT2D eigenvalue weighted by Gasteiger charge is -2.09. The smallest absolute Gasteiger partial charge is 0.331 e. The van der Waals surface area contributed by atoms with Crippen molar-refractivity contribution in [2.24, 2.45) is 0 Å². The number of hydrogen-bond donors (Lipinski definition) is 1. The number of ether oxygens (including phenoxy) is 2. The third-order valence-electron chi connectivity index (χ3n) is 4.88. The largest absolute Gasteiger partial charge is 0.497 e. The zero-order valence-electron chi connectivity index (χ0n) is 18.7. The van der Waals surface area contributed by atoms with Crippen molar-refractivity contribution in [3.8, 4) is 17.2 Å². The Bertz CT molecular complexity index is 1410. The molecule has 0 aliphatic carbocycles. The average molecular weight is 491 g/mol. The summed E-state index contributed by atoms with van der Waals surface area (Å²) in [5, 5.41) is 0. The van der Waals surface area contributed by atoms with Crippen LogP contribution in [-0.4, -0.2) is 26.5 Å². The number of nitrogens with one attached hydrogen (secondary N) is 1. The van der Waals surface area contributed by atoms with Gasteiger partial charge in [0, 0.05) is 17.3 Å². The number of anilines is 1. The minimum Gasteiger partial charge on any atom is -0.497 e. The van der Waals surface area contributed by atoms with Crippen molar-refractivity contribution in [3.05, 3.63) is 102 Å². The van der Waals surface area contributed by atoms with Crippen LogP contribution in [0.1, 0.15) is 11.3 Å². The monoisotopic (exact) mass is 490 g/mol. The van der Waals surface area contributed by atoms with E-state index < -0.39 is 16.0 Å². The lowest BCUT2D eigenvalue weighted by atomic mass is 10.2. The average Bonchev–Trinajstić information content (AvgIpc) is 3.36. The molecule has 0 saturated heterocycles. The number of benzene rings is 3. The van der Waals surface area contributed by atoms with Gasteiger partial charge in [-0.2, -0.15) is 0 Å². The highest BCUT2D eigenvalue weighted by molar-refractivity contribution is 7.92. The maximum absolute atomic E-state index is 12.6. The van der Waals surface area contributed by atoms with Crippen LogP contribution in [-0.2, 0) is 26.2 Å². The SMILES string of the molecule is COc1ccc(NS(=O)(=O)c2ccc(/C=C/C(=O)OCc3coc(-c4ccccc4)n3)cc2)cc1. The van der Waals surface area contributed by atoms with Crippen molar-refractivity contribution in [2.45, 2.75) is 11.5 Å². The molecule has 4 aromatic rings. The molecule has 0 amide bonds. The zero-order chi connectivity index (χ0) is 24.7. The fourth-order valence-corrected chi connectivity index (χ4v) is 4.13. The normalized spacial score (nSPS) is 11.3. The van der Waals surface area contributed by atoms with Gasteiger partial charge < -0.3 is 13.9 Å². The number of nitrogens with zero attached hydrogens (tertiary/aromatic N) is 1. The number of carbonyl (C=O) groups excluding carboxylic acids is 1. The third kappa shape index (κ3) is 6.36. The quantitative estimate of drug-likeness (QED) is 0.262. The second-order valence-electron chi connectivity index (χ2n) is 7.35. The van der Waals surface area contributed by atoms with Crippen molar-refractivity contribution < 1.29 is 27.1 Å². The summed E-state index contributed by atoms with van der Waals surface area (Å²) in [6.45, 7) is -0.0340. The predicted octanol–water partition coefficient (Wildman–Crippen LogP) is 4.91. The molecular formula is C26H22N2O6S. The first kappa shape index (κ1) is 23.8. The summed E-state index contributed by atoms with van der Waals surface area (Å²) < 4.78 is 43.4. The van der Waals surface area contributed by atoms with E-state index in [1.165, 1.54) is 37.7 Å². The van der Waals surface area contributed by atoms with Crippen molar-refractivity contribution in [3.63, 3.8) is 0 Å². The molecule has 1 N–H and O–H groups in total. The van der Waals surface area contributed by atoms with E-state index in [-0.39, 0.29) is 11.5 Å². The molecule has 0 spiro atoms. The molecule has 0 atom stereocenters. The number of aromatic nitrogens is 1. The minimum atomic E-state index is -3.76. The maximum Gasteiger partial charge on any atom is 0.331 e. The van der Waals surface area contributed by atoms with Crippen LogP contribution in [0, 0.1) is 0 Å². The van der Waals surface area contributed by atoms with E-state index in [9.17, 15) is 13.2 Å². The first-order valence-corrected chi connectivity index (χ1v) is 12.0. The topological polar surface area (TPSA) is 108 Å². The second-order valence-corrected chi connectivity index (χ2v) is 9.04. The third-order valence-corrected chi connectivity index (χ3v) is 6.28. The fraction of sp³-hybridized carbons (Fsp3) is 0.0769. The van der Waals surface area contributed by atoms with Gasteiger partial charge in [-0.1, -0.05) is 30.3 Å². The second kappa shape index (κ2) is 10.7. The molecule has 9 heteroatoms. The van der Waals surface area contributed by atoms with Gasteiger partial charge in [0.05, 0.1) is 12.0 Å². The lowest BCUT2D eigenvalue weighted by Crippen LogP contribution is -2.12. The Balaban J connectivity index is 1.31. The van der Waals surface area contributed by atoms with Crippen LogP contribution in [0.2, 0.25) is 0 Å². The Kier molecular flexibility index (Phi) is 7.27. The van der Waals surface area contributed by atoms with Crippen LogP contribution in [0.5, 0.6) is 5.75 Å². The van der Waals surface area contributed by atoms with E-state index in [0.29, 0.717) is 28.6 Å². The van der Waals surface area contributed by atoms with Crippen LogP contribution in [0.4, 0.5) is 5.69 Å². The summed E-state index contributed by atoms with van der Waals surface area (Å²) in [4.78, 5) is 16.5. The van der Waals surface area contributed by atoms with Crippen LogP contribution in [0.3, 0.4) is 0 Å². The molecule has 0 bridgehead atoms. The van der Waals surface area contributed by atoms with Gasteiger partial charge in [0.25, 0.3) is 10.0 Å². The number of rotatable bonds is 9. The molecule has 1 heterocycles. The minimum absolute atomic E-state index is 0.0340. The first-order chi connectivity index (χ1) is 16.9. The molecule has 8 nitrogen and oxygen atoms in total. The van der Waals surface area contributed by atoms with Crippen molar-refractivity contribution in [1.29, 1.82) is 0 Å². The molecule has 35 heavy (non-hydrogen) atoms. The standard InChI is InChI=1S/C26H22N2O6S/c1-32-23-12-10-21(11-13-23)28-35(30,31)24-14-7-19(8-15-24)9-16-25(29)33-17-22-18-34-26(27-22)20-5-3-2-4-6-20/h2-16,18,28H,17H2,1H3/b16-9+. The van der Waals surface area contributed by atoms with Gasteiger partial charge in [0.15, 0.2) is 0 Å². The van der Waals surface area contributed by atoms with Crippen molar-refractivity contribution in [1.82, 2.24) is 4.98 Å². The Morgan fingerprint density at radius 1 is 1.00 bits per heavy atom. The Morgan fingerprint density at radius 3 is 2.40 bits per heavy atom. The molecular weight excluding hydrogens is 468 g/mol. The van der Waals surface area contributed by atoms with Crippen LogP contribution in [0.25, 0.3) is 17.5 Å². The zero-order valence-corrected chi connectivity index (χ0v) is 19.6. The Morgan fingerprint density at radius 2 is 1.71 bits per heavy atom. The number of esters is 1. The van der Waals surface area contributed by atoms with Gasteiger partial charge in [-0.15, -0.1) is 0 Å². The molecule has 4 rings (SSSR count). The molecule has 0 fully saturated rings. The molecule has 0 aliphatic heterocycles. The molecule has 3 aromatic carbocycles. The van der Waals surface area contributed by atoms with Gasteiger partial charge in [-0.25, -0.2) is 18.2 Å². The number of methoxy groups -OCH3 is 1. The summed E-state index contributed by atoms with van der Waals surface area (Å²) in [6.07, 6.45) is 4.24. The Hall–Kier alpha value is -4.37. The van der Waals surface area contributed by atoms with Gasteiger partial charge >= 0.3 is 5.97 Å². The van der Waals surface area contributed by atoms with Gasteiger partial charge in [-0.3, -0.25) is 4.72 Å². The summed E-state index contributed by atoms with van der Waals surface area (Å²) in [5.74, 6) is 0.511. The number of carbonyl (C=O) groups is 1. The highest BCUT2D eigenvalue weighted by Crippen LogP contribution is 2.20. The molecule has 178 valence electrons. The van der Waals surface area contributed by atoms with E-state index in [0.717, 1.165) is 5.56 Å². The number of sulfonamides is 1. The molecule has 0 radical (unpaired) electrons. The van der Waals surface area contributed by atoms with Crippen LogP contribution in [0.15, 0.2) is 101 Å². The predicted molar refractivity (Wildman–Crippen MR) is 131 cm³/mol. The van der Waals surface area contributed by atoms with E-state index >= 15 is 0 Å². The molecule has 0 unspecified atom stereocenters. The van der Waals surface area contributed by atoms with Crippen LogP contribution < -0.4 is 9.46 Å². The van der Waals surface area contributed by atoms with Gasteiger partial charge in [-0.05, 0) is 60.2 Å². The summed E-state index contributed by atoms with van der Waals surface area (Å²) in [5.41, 5.74) is 2.37. The van der Waals surface area contributed by atoms with Gasteiger partial charge in [0.1, 0.15) is 24.3 Å². The summed E-state index contributed by atoms with van der Waals surface area (Å²) in [7, 11) is -2.23. The van der Waals surface area contributed by atoms with Crippen LogP contribution >= 0.6 is 0 Å². The highest BCUT2D eigenvalue weighted by atomic mass is 32.2. The summed E-state index contributed by atoms with van der Waals surface area (Å²) >= 11 is 0. The fourth-order valence-electron chi connectivity index (χ4n) is 3.08. The molecule has 1 aromatic heterocycles. The first-order valence-electron chi connectivity index (χ1n) is 10.5. The van der Waals surface area contributed by atoms with E-state index in [1.54, 1.807) is 36.4 Å². The molecule has 0 saturated carbocycles. The van der Waals surface area contributed by atoms with E-state index in [4.69, 9.17) is 13.9 Å². The van der Waals surface area contributed by atoms with Crippen molar-refractivity contribution in [2.75, 3.05) is 11.8 Å². The maximum atomic E-state index is 12.6. The number of oxazole rings is 1. The van der Waals surface area contributed by atoms with Gasteiger partial charge in [0.2, 0.25) is 5.89 Å². The highest BCUT2D eigenvalue weighted by Gasteiger charge is 2.14. The Labute approximate surface area is 202 Å². The molecule has 0 aliphatic rings. The van der Waals surface area contributed by atoms with Crippen molar-refractivity contribution >= 4 is 27.8 Å². The van der Waals surface area contributed by atoms with E-state index in [2.05, 4.69) is 9.71 Å².